The molecule has 6 heteroatoms. The Morgan fingerprint density at radius 1 is 1.29 bits per heavy atom. The number of rotatable bonds is 6. The number of hydrogen-bond acceptors (Lipinski definition) is 5. The predicted molar refractivity (Wildman–Crippen MR) is 88.8 cm³/mol. The van der Waals surface area contributed by atoms with E-state index in [1.54, 1.807) is 19.2 Å². The van der Waals surface area contributed by atoms with E-state index in [0.717, 1.165) is 31.6 Å². The fourth-order valence-electron chi connectivity index (χ4n) is 3.07. The molecule has 2 aromatic rings. The molecule has 1 fully saturated rings. The fraction of sp³-hybridized carbons (Fsp3) is 0.389. The summed E-state index contributed by atoms with van der Waals surface area (Å²) in [6, 6.07) is 7.23. The Labute approximate surface area is 141 Å². The second-order valence-electron chi connectivity index (χ2n) is 6.09. The first kappa shape index (κ1) is 16.5. The second-order valence-corrected chi connectivity index (χ2v) is 6.09. The van der Waals surface area contributed by atoms with Crippen molar-refractivity contribution in [3.8, 4) is 0 Å². The molecule has 0 saturated carbocycles. The molecule has 0 unspecified atom stereocenters. The van der Waals surface area contributed by atoms with Gasteiger partial charge in [-0.05, 0) is 36.6 Å². The third-order valence-electron chi connectivity index (χ3n) is 4.34. The number of ether oxygens (including phenoxy) is 1. The molecule has 1 aliphatic heterocycles. The standard InChI is InChI=1S/C18H21N3O3/c1-24-12-17-19-8-13(9-20-17)10-21-7-6-16(11-21)14-2-4-15(5-3-14)18(22)23/h2-5,8-9,16H,6-7,10-12H2,1H3,(H,22,23)/t16-/m0/s1. The van der Waals surface area contributed by atoms with Crippen LogP contribution in [0.3, 0.4) is 0 Å². The minimum absolute atomic E-state index is 0.335. The molecular weight excluding hydrogens is 306 g/mol. The molecule has 0 spiro atoms. The Balaban J connectivity index is 1.57. The highest BCUT2D eigenvalue weighted by atomic mass is 16.5. The smallest absolute Gasteiger partial charge is 0.335 e. The van der Waals surface area contributed by atoms with Crippen LogP contribution in [0.25, 0.3) is 0 Å². The minimum Gasteiger partial charge on any atom is -0.478 e. The average molecular weight is 327 g/mol. The van der Waals surface area contributed by atoms with Crippen LogP contribution in [0.15, 0.2) is 36.7 Å². The van der Waals surface area contributed by atoms with Gasteiger partial charge in [-0.15, -0.1) is 0 Å². The number of benzene rings is 1. The van der Waals surface area contributed by atoms with E-state index in [1.165, 1.54) is 5.56 Å². The SMILES string of the molecule is COCc1ncc(CN2CC[C@H](c3ccc(C(=O)O)cc3)C2)cn1. The fourth-order valence-corrected chi connectivity index (χ4v) is 3.07. The third kappa shape index (κ3) is 3.96. The third-order valence-corrected chi connectivity index (χ3v) is 4.34. The highest BCUT2D eigenvalue weighted by molar-refractivity contribution is 5.87. The lowest BCUT2D eigenvalue weighted by Crippen LogP contribution is -2.20. The largest absolute Gasteiger partial charge is 0.478 e. The van der Waals surface area contributed by atoms with Crippen molar-refractivity contribution >= 4 is 5.97 Å². The van der Waals surface area contributed by atoms with E-state index in [2.05, 4.69) is 14.9 Å². The van der Waals surface area contributed by atoms with Crippen molar-refractivity contribution in [3.63, 3.8) is 0 Å². The molecule has 1 atom stereocenters. The highest BCUT2D eigenvalue weighted by Gasteiger charge is 2.24. The average Bonchev–Trinajstić information content (AvgIpc) is 3.05. The van der Waals surface area contributed by atoms with Gasteiger partial charge >= 0.3 is 5.97 Å². The lowest BCUT2D eigenvalue weighted by Gasteiger charge is -2.16. The number of carboxylic acid groups (broad SMARTS) is 1. The number of likely N-dealkylation sites (tertiary alicyclic amines) is 1. The van der Waals surface area contributed by atoms with Gasteiger partial charge in [-0.25, -0.2) is 14.8 Å². The van der Waals surface area contributed by atoms with Crippen LogP contribution < -0.4 is 0 Å². The number of hydrogen-bond donors (Lipinski definition) is 1. The Bertz CT molecular complexity index is 686. The molecule has 1 N–H and O–H groups in total. The summed E-state index contributed by atoms with van der Waals surface area (Å²) < 4.78 is 5.02. The number of carbonyl (C=O) groups is 1. The predicted octanol–water partition coefficient (Wildman–Crippen LogP) is 2.31. The first-order chi connectivity index (χ1) is 11.7. The molecule has 1 aromatic heterocycles. The first-order valence-corrected chi connectivity index (χ1v) is 8.00. The Morgan fingerprint density at radius 2 is 2.00 bits per heavy atom. The van der Waals surface area contributed by atoms with E-state index >= 15 is 0 Å². The number of aromatic carboxylic acids is 1. The zero-order valence-corrected chi connectivity index (χ0v) is 13.7. The molecule has 1 saturated heterocycles. The van der Waals surface area contributed by atoms with Crippen LogP contribution in [0, 0.1) is 0 Å². The summed E-state index contributed by atoms with van der Waals surface area (Å²) >= 11 is 0. The summed E-state index contributed by atoms with van der Waals surface area (Å²) in [5.41, 5.74) is 2.63. The van der Waals surface area contributed by atoms with Gasteiger partial charge in [0, 0.05) is 38.2 Å². The van der Waals surface area contributed by atoms with Gasteiger partial charge < -0.3 is 9.84 Å². The van der Waals surface area contributed by atoms with Crippen LogP contribution in [-0.4, -0.2) is 46.1 Å². The summed E-state index contributed by atoms with van der Waals surface area (Å²) in [5.74, 6) is 0.257. The number of carboxylic acids is 1. The van der Waals surface area contributed by atoms with Gasteiger partial charge in [0.1, 0.15) is 6.61 Å². The van der Waals surface area contributed by atoms with Gasteiger partial charge in [0.05, 0.1) is 5.56 Å². The molecule has 1 aliphatic rings. The Morgan fingerprint density at radius 3 is 2.62 bits per heavy atom. The van der Waals surface area contributed by atoms with Crippen molar-refractivity contribution in [2.75, 3.05) is 20.2 Å². The van der Waals surface area contributed by atoms with Crippen molar-refractivity contribution in [1.29, 1.82) is 0 Å². The van der Waals surface area contributed by atoms with E-state index in [1.807, 2.05) is 24.5 Å². The monoisotopic (exact) mass is 327 g/mol. The topological polar surface area (TPSA) is 75.5 Å². The molecule has 126 valence electrons. The van der Waals surface area contributed by atoms with Gasteiger partial charge in [-0.2, -0.15) is 0 Å². The second kappa shape index (κ2) is 7.51. The summed E-state index contributed by atoms with van der Waals surface area (Å²) in [6.45, 7) is 3.24. The van der Waals surface area contributed by atoms with Crippen molar-refractivity contribution in [1.82, 2.24) is 14.9 Å². The van der Waals surface area contributed by atoms with Crippen LogP contribution in [0.4, 0.5) is 0 Å². The van der Waals surface area contributed by atoms with Gasteiger partial charge in [0.25, 0.3) is 0 Å². The van der Waals surface area contributed by atoms with Crippen LogP contribution >= 0.6 is 0 Å². The molecule has 6 nitrogen and oxygen atoms in total. The molecule has 2 heterocycles. The molecule has 0 radical (unpaired) electrons. The molecule has 1 aromatic carbocycles. The van der Waals surface area contributed by atoms with E-state index in [4.69, 9.17) is 9.84 Å². The van der Waals surface area contributed by atoms with Gasteiger partial charge in [0.15, 0.2) is 5.82 Å². The number of aromatic nitrogens is 2. The summed E-state index contributed by atoms with van der Waals surface area (Å²) in [7, 11) is 1.63. The molecule has 0 amide bonds. The molecule has 24 heavy (non-hydrogen) atoms. The maximum atomic E-state index is 10.9. The number of nitrogens with zero attached hydrogens (tertiary/aromatic N) is 3. The summed E-state index contributed by atoms with van der Waals surface area (Å²) in [5, 5.41) is 8.97. The van der Waals surface area contributed by atoms with E-state index < -0.39 is 5.97 Å². The Hall–Kier alpha value is -2.31. The highest BCUT2D eigenvalue weighted by Crippen LogP contribution is 2.28. The zero-order chi connectivity index (χ0) is 16.9. The van der Waals surface area contributed by atoms with E-state index in [-0.39, 0.29) is 0 Å². The van der Waals surface area contributed by atoms with Crippen molar-refractivity contribution in [2.45, 2.75) is 25.5 Å². The van der Waals surface area contributed by atoms with Crippen LogP contribution in [0.1, 0.15) is 39.6 Å². The maximum absolute atomic E-state index is 10.9. The van der Waals surface area contributed by atoms with Gasteiger partial charge in [0.2, 0.25) is 0 Å². The van der Waals surface area contributed by atoms with Crippen LogP contribution in [0.2, 0.25) is 0 Å². The Kier molecular flexibility index (Phi) is 5.17. The quantitative estimate of drug-likeness (QED) is 0.877. The van der Waals surface area contributed by atoms with Crippen molar-refractivity contribution in [3.05, 3.63) is 59.2 Å². The zero-order valence-electron chi connectivity index (χ0n) is 13.7. The van der Waals surface area contributed by atoms with Gasteiger partial charge in [-0.1, -0.05) is 12.1 Å². The summed E-state index contributed by atoms with van der Waals surface area (Å²) in [6.07, 6.45) is 4.79. The lowest BCUT2D eigenvalue weighted by molar-refractivity contribution is 0.0697. The van der Waals surface area contributed by atoms with E-state index in [9.17, 15) is 4.79 Å². The molecule has 0 aliphatic carbocycles. The maximum Gasteiger partial charge on any atom is 0.335 e. The van der Waals surface area contributed by atoms with Crippen molar-refractivity contribution < 1.29 is 14.6 Å². The van der Waals surface area contributed by atoms with E-state index in [0.29, 0.717) is 23.9 Å². The molecule has 0 bridgehead atoms. The van der Waals surface area contributed by atoms with Crippen LogP contribution in [0.5, 0.6) is 0 Å². The van der Waals surface area contributed by atoms with Crippen molar-refractivity contribution in [2.24, 2.45) is 0 Å². The molecular formula is C18H21N3O3. The first-order valence-electron chi connectivity index (χ1n) is 8.00. The van der Waals surface area contributed by atoms with Crippen LogP contribution in [-0.2, 0) is 17.9 Å². The normalized spacial score (nSPS) is 18.0. The molecule has 3 rings (SSSR count). The lowest BCUT2D eigenvalue weighted by atomic mass is 9.97. The number of methoxy groups -OCH3 is 1. The minimum atomic E-state index is -0.883. The van der Waals surface area contributed by atoms with Gasteiger partial charge in [-0.3, -0.25) is 4.90 Å². The summed E-state index contributed by atoms with van der Waals surface area (Å²) in [4.78, 5) is 21.9.